The van der Waals surface area contributed by atoms with Crippen molar-refractivity contribution in [3.8, 4) is 0 Å². The second kappa shape index (κ2) is 10.4. The molecule has 1 atom stereocenters. The first-order chi connectivity index (χ1) is 17.0. The number of β-amino-alcohol motifs (C(OH)–C–C–N with tert-alkyl or cyclic N) is 1. The number of aliphatic hydroxyl groups is 1. The average molecular weight is 499 g/mol. The maximum Gasteiger partial charge on any atom is 0.338 e. The molecule has 2 aromatic carbocycles. The Morgan fingerprint density at radius 1 is 1.08 bits per heavy atom. The number of piperidine rings is 1. The minimum absolute atomic E-state index is 0.00193. The van der Waals surface area contributed by atoms with E-state index in [1.165, 1.54) is 23.4 Å². The molecule has 1 aromatic heterocycles. The van der Waals surface area contributed by atoms with Crippen molar-refractivity contribution in [2.45, 2.75) is 57.3 Å². The largest absolute Gasteiger partial charge is 0.459 e. The second-order valence-corrected chi connectivity index (χ2v) is 10.5. The van der Waals surface area contributed by atoms with Gasteiger partial charge in [-0.15, -0.1) is 0 Å². The van der Waals surface area contributed by atoms with Gasteiger partial charge in [0.25, 0.3) is 0 Å². The zero-order valence-corrected chi connectivity index (χ0v) is 20.8. The number of carbonyl (C=O) groups is 1. The minimum Gasteiger partial charge on any atom is -0.459 e. The molecule has 0 bridgehead atoms. The van der Waals surface area contributed by atoms with E-state index in [4.69, 9.17) is 4.74 Å². The highest BCUT2D eigenvalue weighted by Gasteiger charge is 2.37. The van der Waals surface area contributed by atoms with Crippen LogP contribution in [0.2, 0.25) is 0 Å². The number of carbonyl (C=O) groups excluding carboxylic acids is 1. The summed E-state index contributed by atoms with van der Waals surface area (Å²) in [5.41, 5.74) is -0.0134. The second-order valence-electron chi connectivity index (χ2n) is 10.5. The van der Waals surface area contributed by atoms with Gasteiger partial charge in [-0.2, -0.15) is 5.10 Å². The predicted octanol–water partition coefficient (Wildman–Crippen LogP) is 4.06. The highest BCUT2D eigenvalue weighted by atomic mass is 19.1. The summed E-state index contributed by atoms with van der Waals surface area (Å²) in [7, 11) is 0. The van der Waals surface area contributed by atoms with Gasteiger partial charge in [-0.1, -0.05) is 39.0 Å². The fraction of sp³-hybridized carbons (Fsp3) is 0.444. The Hall–Kier alpha value is -3.17. The number of aromatic nitrogens is 3. The molecule has 0 aliphatic carbocycles. The third-order valence-corrected chi connectivity index (χ3v) is 6.60. The highest BCUT2D eigenvalue weighted by molar-refractivity contribution is 5.89. The number of ether oxygens (including phenoxy) is 1. The van der Waals surface area contributed by atoms with Crippen molar-refractivity contribution in [1.29, 1.82) is 0 Å². The lowest BCUT2D eigenvalue weighted by molar-refractivity contribution is -0.0396. The van der Waals surface area contributed by atoms with E-state index in [-0.39, 0.29) is 36.1 Å². The van der Waals surface area contributed by atoms with Crippen LogP contribution in [-0.2, 0) is 22.3 Å². The molecule has 1 N–H and O–H groups in total. The van der Waals surface area contributed by atoms with Gasteiger partial charge < -0.3 is 9.84 Å². The van der Waals surface area contributed by atoms with Crippen molar-refractivity contribution in [2.75, 3.05) is 19.6 Å². The number of benzene rings is 2. The lowest BCUT2D eigenvalue weighted by atomic mass is 9.87. The van der Waals surface area contributed by atoms with E-state index in [0.29, 0.717) is 31.5 Å². The zero-order valence-electron chi connectivity index (χ0n) is 20.8. The van der Waals surface area contributed by atoms with Crippen LogP contribution in [0.3, 0.4) is 0 Å². The third kappa shape index (κ3) is 6.14. The van der Waals surface area contributed by atoms with E-state index >= 15 is 0 Å². The van der Waals surface area contributed by atoms with Gasteiger partial charge in [0.1, 0.15) is 36.0 Å². The first-order valence-electron chi connectivity index (χ1n) is 12.1. The molecular formula is C27H32F2N4O3. The summed E-state index contributed by atoms with van der Waals surface area (Å²) in [5, 5.41) is 15.6. The fourth-order valence-electron chi connectivity index (χ4n) is 4.55. The Bertz CT molecular complexity index is 1170. The standard InChI is InChI=1S/C27H32F2N4O3/c1-26(2,3)20-6-4-19(5-7-20)25(34)36-22-10-12-32(13-11-22)15-27(35,16-33-18-30-17-31-33)23-9-8-21(28)14-24(23)29/h4-9,14,17-18,22,35H,10-13,15-16H2,1-3H3. The number of hydrogen-bond acceptors (Lipinski definition) is 6. The zero-order chi connectivity index (χ0) is 25.9. The Balaban J connectivity index is 1.39. The summed E-state index contributed by atoms with van der Waals surface area (Å²) >= 11 is 0. The molecule has 1 unspecified atom stereocenters. The van der Waals surface area contributed by atoms with Crippen molar-refractivity contribution in [1.82, 2.24) is 19.7 Å². The first-order valence-corrected chi connectivity index (χ1v) is 12.1. The molecule has 2 heterocycles. The van der Waals surface area contributed by atoms with Gasteiger partial charge in [0.05, 0.1) is 12.1 Å². The van der Waals surface area contributed by atoms with E-state index in [2.05, 4.69) is 30.9 Å². The lowest BCUT2D eigenvalue weighted by Gasteiger charge is -2.38. The molecule has 192 valence electrons. The average Bonchev–Trinajstić information content (AvgIpc) is 3.32. The van der Waals surface area contributed by atoms with Gasteiger partial charge >= 0.3 is 5.97 Å². The summed E-state index contributed by atoms with van der Waals surface area (Å²) in [6, 6.07) is 10.6. The molecule has 0 saturated carbocycles. The van der Waals surface area contributed by atoms with Crippen molar-refractivity contribution in [3.05, 3.63) is 83.4 Å². The van der Waals surface area contributed by atoms with Crippen LogP contribution in [0.5, 0.6) is 0 Å². The van der Waals surface area contributed by atoms with Crippen LogP contribution < -0.4 is 0 Å². The number of likely N-dealkylation sites (tertiary alicyclic amines) is 1. The van der Waals surface area contributed by atoms with E-state index < -0.39 is 17.2 Å². The smallest absolute Gasteiger partial charge is 0.338 e. The SMILES string of the molecule is CC(C)(C)c1ccc(C(=O)OC2CCN(CC(O)(Cn3cncn3)c3ccc(F)cc3F)CC2)cc1. The molecule has 4 rings (SSSR count). The molecule has 36 heavy (non-hydrogen) atoms. The summed E-state index contributed by atoms with van der Waals surface area (Å²) in [6.45, 7) is 7.49. The van der Waals surface area contributed by atoms with Gasteiger partial charge in [-0.05, 0) is 42.0 Å². The molecule has 7 nitrogen and oxygen atoms in total. The molecule has 0 radical (unpaired) electrons. The maximum absolute atomic E-state index is 14.7. The van der Waals surface area contributed by atoms with Crippen molar-refractivity contribution in [2.24, 2.45) is 0 Å². The quantitative estimate of drug-likeness (QED) is 0.495. The van der Waals surface area contributed by atoms with Crippen LogP contribution in [0.4, 0.5) is 8.78 Å². The highest BCUT2D eigenvalue weighted by Crippen LogP contribution is 2.29. The number of nitrogens with zero attached hydrogens (tertiary/aromatic N) is 4. The van der Waals surface area contributed by atoms with Crippen LogP contribution in [-0.4, -0.2) is 56.5 Å². The number of esters is 1. The summed E-state index contributed by atoms with van der Waals surface area (Å²) in [5.74, 6) is -1.89. The summed E-state index contributed by atoms with van der Waals surface area (Å²) in [4.78, 5) is 18.5. The van der Waals surface area contributed by atoms with Gasteiger partial charge in [-0.25, -0.2) is 23.2 Å². The predicted molar refractivity (Wildman–Crippen MR) is 130 cm³/mol. The molecule has 1 aliphatic heterocycles. The van der Waals surface area contributed by atoms with Gasteiger partial charge in [-0.3, -0.25) is 4.90 Å². The molecule has 1 fully saturated rings. The van der Waals surface area contributed by atoms with Crippen LogP contribution in [0, 0.1) is 11.6 Å². The Morgan fingerprint density at radius 3 is 2.36 bits per heavy atom. The Morgan fingerprint density at radius 2 is 1.78 bits per heavy atom. The summed E-state index contributed by atoms with van der Waals surface area (Å²) in [6.07, 6.45) is 3.68. The topological polar surface area (TPSA) is 80.5 Å². The molecule has 1 aliphatic rings. The van der Waals surface area contributed by atoms with Crippen molar-refractivity contribution < 1.29 is 23.4 Å². The Labute approximate surface area is 209 Å². The van der Waals surface area contributed by atoms with Gasteiger partial charge in [0.15, 0.2) is 0 Å². The molecular weight excluding hydrogens is 466 g/mol. The summed E-state index contributed by atoms with van der Waals surface area (Å²) < 4.78 is 35.3. The van der Waals surface area contributed by atoms with E-state index in [1.54, 1.807) is 12.1 Å². The van der Waals surface area contributed by atoms with E-state index in [1.807, 2.05) is 17.0 Å². The molecule has 0 spiro atoms. The normalized spacial score (nSPS) is 17.1. The van der Waals surface area contributed by atoms with Crippen LogP contribution in [0.15, 0.2) is 55.1 Å². The number of halogens is 2. The molecule has 9 heteroatoms. The number of rotatable bonds is 7. The van der Waals surface area contributed by atoms with Crippen molar-refractivity contribution in [3.63, 3.8) is 0 Å². The molecule has 3 aromatic rings. The Kier molecular flexibility index (Phi) is 7.51. The van der Waals surface area contributed by atoms with Crippen LogP contribution in [0.1, 0.15) is 55.1 Å². The monoisotopic (exact) mass is 498 g/mol. The first kappa shape index (κ1) is 25.9. The van der Waals surface area contributed by atoms with Crippen LogP contribution in [0.25, 0.3) is 0 Å². The minimum atomic E-state index is -1.66. The maximum atomic E-state index is 14.7. The molecule has 1 saturated heterocycles. The number of hydrogen-bond donors (Lipinski definition) is 1. The lowest BCUT2D eigenvalue weighted by Crippen LogP contribution is -2.48. The molecule has 0 amide bonds. The van der Waals surface area contributed by atoms with Gasteiger partial charge in [0.2, 0.25) is 0 Å². The third-order valence-electron chi connectivity index (χ3n) is 6.60. The fourth-order valence-corrected chi connectivity index (χ4v) is 4.55. The van der Waals surface area contributed by atoms with E-state index in [0.717, 1.165) is 17.7 Å². The van der Waals surface area contributed by atoms with Gasteiger partial charge in [0, 0.05) is 31.3 Å². The van der Waals surface area contributed by atoms with Crippen molar-refractivity contribution >= 4 is 5.97 Å². The van der Waals surface area contributed by atoms with Crippen LogP contribution >= 0.6 is 0 Å². The van der Waals surface area contributed by atoms with E-state index in [9.17, 15) is 18.7 Å².